The van der Waals surface area contributed by atoms with Gasteiger partial charge >= 0.3 is 5.97 Å². The molecule has 0 aromatic rings. The first-order valence-corrected chi connectivity index (χ1v) is 6.16. The minimum absolute atomic E-state index is 0.0164. The highest BCUT2D eigenvalue weighted by Crippen LogP contribution is 2.41. The number of amides is 1. The normalized spacial score (nSPS) is 30.5. The summed E-state index contributed by atoms with van der Waals surface area (Å²) in [5.74, 6) is -1.21. The lowest BCUT2D eigenvalue weighted by molar-refractivity contribution is -0.148. The van der Waals surface area contributed by atoms with Gasteiger partial charge in [-0.1, -0.05) is 0 Å². The average molecular weight is 241 g/mol. The molecule has 2 fully saturated rings. The number of ether oxygens (including phenoxy) is 1. The van der Waals surface area contributed by atoms with E-state index in [-0.39, 0.29) is 23.8 Å². The van der Waals surface area contributed by atoms with Gasteiger partial charge in [0.25, 0.3) is 0 Å². The SMILES string of the molecule is CCO[C@@H]1C[C@@H]1C(=O)N[C@](C)(C(=O)O)C1CC1. The van der Waals surface area contributed by atoms with Gasteiger partial charge in [-0.05, 0) is 39.0 Å². The molecular formula is C12H19NO4. The van der Waals surface area contributed by atoms with Crippen molar-refractivity contribution >= 4 is 11.9 Å². The molecular weight excluding hydrogens is 222 g/mol. The fraction of sp³-hybridized carbons (Fsp3) is 0.833. The summed E-state index contributed by atoms with van der Waals surface area (Å²) >= 11 is 0. The van der Waals surface area contributed by atoms with Crippen LogP contribution in [0.2, 0.25) is 0 Å². The van der Waals surface area contributed by atoms with Crippen LogP contribution in [0.5, 0.6) is 0 Å². The van der Waals surface area contributed by atoms with Crippen LogP contribution in [0.1, 0.15) is 33.1 Å². The van der Waals surface area contributed by atoms with E-state index in [2.05, 4.69) is 5.32 Å². The first-order valence-electron chi connectivity index (χ1n) is 6.16. The summed E-state index contributed by atoms with van der Waals surface area (Å²) in [4.78, 5) is 23.1. The van der Waals surface area contributed by atoms with Crippen LogP contribution in [0.15, 0.2) is 0 Å². The predicted molar refractivity (Wildman–Crippen MR) is 60.4 cm³/mol. The third-order valence-corrected chi connectivity index (χ3v) is 3.67. The second-order valence-corrected chi connectivity index (χ2v) is 5.11. The maximum Gasteiger partial charge on any atom is 0.329 e. The number of hydrogen-bond acceptors (Lipinski definition) is 3. The molecule has 0 aromatic carbocycles. The number of rotatable bonds is 6. The Hall–Kier alpha value is -1.10. The largest absolute Gasteiger partial charge is 0.480 e. The minimum atomic E-state index is -1.10. The summed E-state index contributed by atoms with van der Waals surface area (Å²) in [6, 6.07) is 0. The number of carbonyl (C=O) groups excluding carboxylic acids is 1. The van der Waals surface area contributed by atoms with E-state index in [1.807, 2.05) is 6.92 Å². The fourth-order valence-electron chi connectivity index (χ4n) is 2.19. The molecule has 1 amide bonds. The molecule has 0 heterocycles. The van der Waals surface area contributed by atoms with Gasteiger partial charge in [-0.3, -0.25) is 4.79 Å². The van der Waals surface area contributed by atoms with Crippen LogP contribution < -0.4 is 5.32 Å². The Morgan fingerprint density at radius 1 is 1.47 bits per heavy atom. The first-order chi connectivity index (χ1) is 7.99. The minimum Gasteiger partial charge on any atom is -0.480 e. The molecule has 0 unspecified atom stereocenters. The van der Waals surface area contributed by atoms with E-state index >= 15 is 0 Å². The molecule has 0 saturated heterocycles. The summed E-state index contributed by atoms with van der Waals surface area (Å²) in [5.41, 5.74) is -1.10. The van der Waals surface area contributed by atoms with Gasteiger partial charge in [0.15, 0.2) is 0 Å². The Bertz CT molecular complexity index is 339. The van der Waals surface area contributed by atoms with Gasteiger partial charge in [-0.15, -0.1) is 0 Å². The highest BCUT2D eigenvalue weighted by atomic mass is 16.5. The van der Waals surface area contributed by atoms with Crippen molar-refractivity contribution in [1.82, 2.24) is 5.32 Å². The van der Waals surface area contributed by atoms with Crippen LogP contribution >= 0.6 is 0 Å². The van der Waals surface area contributed by atoms with Gasteiger partial charge < -0.3 is 15.2 Å². The molecule has 0 radical (unpaired) electrons. The molecule has 2 aliphatic rings. The van der Waals surface area contributed by atoms with E-state index in [4.69, 9.17) is 4.74 Å². The van der Waals surface area contributed by atoms with Crippen LogP contribution in [-0.4, -0.2) is 35.2 Å². The molecule has 0 aliphatic heterocycles. The number of aliphatic carboxylic acids is 1. The third kappa shape index (κ3) is 2.44. The van der Waals surface area contributed by atoms with E-state index in [1.165, 1.54) is 0 Å². The van der Waals surface area contributed by atoms with Crippen molar-refractivity contribution in [1.29, 1.82) is 0 Å². The predicted octanol–water partition coefficient (Wildman–Crippen LogP) is 0.781. The Balaban J connectivity index is 1.91. The molecule has 5 nitrogen and oxygen atoms in total. The molecule has 0 aromatic heterocycles. The Labute approximate surface area is 101 Å². The van der Waals surface area contributed by atoms with Crippen molar-refractivity contribution in [3.63, 3.8) is 0 Å². The third-order valence-electron chi connectivity index (χ3n) is 3.67. The zero-order valence-corrected chi connectivity index (χ0v) is 10.2. The van der Waals surface area contributed by atoms with Gasteiger partial charge in [0.1, 0.15) is 5.54 Å². The first kappa shape index (κ1) is 12.4. The van der Waals surface area contributed by atoms with Crippen molar-refractivity contribution in [2.45, 2.75) is 44.8 Å². The lowest BCUT2D eigenvalue weighted by Gasteiger charge is -2.26. The summed E-state index contributed by atoms with van der Waals surface area (Å²) in [7, 11) is 0. The summed E-state index contributed by atoms with van der Waals surface area (Å²) < 4.78 is 5.33. The summed E-state index contributed by atoms with van der Waals surface area (Å²) in [5, 5.41) is 11.9. The van der Waals surface area contributed by atoms with Crippen LogP contribution in [0.3, 0.4) is 0 Å². The molecule has 3 atom stereocenters. The van der Waals surface area contributed by atoms with Gasteiger partial charge in [0.05, 0.1) is 12.0 Å². The van der Waals surface area contributed by atoms with Gasteiger partial charge in [0.2, 0.25) is 5.91 Å². The quantitative estimate of drug-likeness (QED) is 0.720. The lowest BCUT2D eigenvalue weighted by Crippen LogP contribution is -2.54. The molecule has 0 bridgehead atoms. The average Bonchev–Trinajstić information content (AvgIpc) is 3.12. The van der Waals surface area contributed by atoms with E-state index in [1.54, 1.807) is 6.92 Å². The van der Waals surface area contributed by atoms with Crippen LogP contribution in [-0.2, 0) is 14.3 Å². The Kier molecular flexibility index (Phi) is 3.12. The molecule has 2 aliphatic carbocycles. The molecule has 2 N–H and O–H groups in total. The highest BCUT2D eigenvalue weighted by molar-refractivity contribution is 5.89. The Morgan fingerprint density at radius 3 is 2.59 bits per heavy atom. The fourth-order valence-corrected chi connectivity index (χ4v) is 2.19. The van der Waals surface area contributed by atoms with E-state index in [0.717, 1.165) is 12.8 Å². The van der Waals surface area contributed by atoms with Crippen LogP contribution in [0.25, 0.3) is 0 Å². The van der Waals surface area contributed by atoms with E-state index < -0.39 is 11.5 Å². The van der Waals surface area contributed by atoms with Crippen LogP contribution in [0.4, 0.5) is 0 Å². The zero-order valence-electron chi connectivity index (χ0n) is 10.2. The van der Waals surface area contributed by atoms with E-state index in [9.17, 15) is 14.7 Å². The Morgan fingerprint density at radius 2 is 2.12 bits per heavy atom. The topological polar surface area (TPSA) is 75.6 Å². The highest BCUT2D eigenvalue weighted by Gasteiger charge is 2.52. The number of carbonyl (C=O) groups is 2. The van der Waals surface area contributed by atoms with Crippen molar-refractivity contribution in [2.75, 3.05) is 6.61 Å². The van der Waals surface area contributed by atoms with Crippen molar-refractivity contribution in [2.24, 2.45) is 11.8 Å². The number of nitrogens with one attached hydrogen (secondary N) is 1. The molecule has 17 heavy (non-hydrogen) atoms. The van der Waals surface area contributed by atoms with Crippen molar-refractivity contribution in [3.05, 3.63) is 0 Å². The number of carboxylic acid groups (broad SMARTS) is 1. The van der Waals surface area contributed by atoms with E-state index in [0.29, 0.717) is 13.0 Å². The molecule has 0 spiro atoms. The summed E-state index contributed by atoms with van der Waals surface area (Å²) in [6.07, 6.45) is 2.45. The van der Waals surface area contributed by atoms with Gasteiger partial charge in [-0.2, -0.15) is 0 Å². The second-order valence-electron chi connectivity index (χ2n) is 5.11. The zero-order chi connectivity index (χ0) is 12.6. The molecule has 96 valence electrons. The summed E-state index contributed by atoms with van der Waals surface area (Å²) in [6.45, 7) is 4.08. The number of carboxylic acids is 1. The monoisotopic (exact) mass is 241 g/mol. The van der Waals surface area contributed by atoms with Crippen molar-refractivity contribution in [3.8, 4) is 0 Å². The molecule has 5 heteroatoms. The smallest absolute Gasteiger partial charge is 0.329 e. The standard InChI is InChI=1S/C12H19NO4/c1-3-17-9-6-8(9)10(14)13-12(2,11(15)16)7-4-5-7/h7-9H,3-6H2,1-2H3,(H,13,14)(H,15,16)/t8-,9+,12-/m0/s1. The van der Waals surface area contributed by atoms with Crippen molar-refractivity contribution < 1.29 is 19.4 Å². The molecule has 2 rings (SSSR count). The molecule has 2 saturated carbocycles. The van der Waals surface area contributed by atoms with Gasteiger partial charge in [0, 0.05) is 6.61 Å². The van der Waals surface area contributed by atoms with Crippen LogP contribution in [0, 0.1) is 11.8 Å². The maximum absolute atomic E-state index is 11.9. The maximum atomic E-state index is 11.9. The second kappa shape index (κ2) is 4.29. The number of hydrogen-bond donors (Lipinski definition) is 2. The van der Waals surface area contributed by atoms with Gasteiger partial charge in [-0.25, -0.2) is 4.79 Å². The lowest BCUT2D eigenvalue weighted by atomic mass is 9.95.